The van der Waals surface area contributed by atoms with Gasteiger partial charge in [0.15, 0.2) is 0 Å². The molecule has 1 heterocycles. The van der Waals surface area contributed by atoms with Gasteiger partial charge in [-0.2, -0.15) is 0 Å². The van der Waals surface area contributed by atoms with Crippen LogP contribution in [-0.4, -0.2) is 25.3 Å². The number of fused-ring (bicyclic) bond motifs is 1. The third-order valence-corrected chi connectivity index (χ3v) is 2.27. The first-order valence-corrected chi connectivity index (χ1v) is 3.46. The fourth-order valence-corrected chi connectivity index (χ4v) is 1.67. The summed E-state index contributed by atoms with van der Waals surface area (Å²) >= 11 is 0. The van der Waals surface area contributed by atoms with Crippen molar-refractivity contribution in [3.63, 3.8) is 0 Å². The molecule has 1 aliphatic carbocycles. The number of carbonyl (C=O) groups is 1. The lowest BCUT2D eigenvalue weighted by Crippen LogP contribution is -2.23. The number of primary amides is 1. The van der Waals surface area contributed by atoms with Crippen molar-refractivity contribution < 1.29 is 9.53 Å². The molecule has 56 valence electrons. The minimum atomic E-state index is -0.639. The average molecular weight is 142 g/mol. The average Bonchev–Trinajstić information content (AvgIpc) is 2.40. The predicted molar refractivity (Wildman–Crippen MR) is 34.3 cm³/mol. The van der Waals surface area contributed by atoms with E-state index < -0.39 is 6.09 Å². The van der Waals surface area contributed by atoms with Crippen LogP contribution in [0.5, 0.6) is 0 Å². The Morgan fingerprint density at radius 2 is 2.10 bits per heavy atom. The summed E-state index contributed by atoms with van der Waals surface area (Å²) in [6.45, 7) is 1.95. The molecule has 0 spiro atoms. The van der Waals surface area contributed by atoms with Gasteiger partial charge in [0.2, 0.25) is 0 Å². The largest absolute Gasteiger partial charge is 0.446 e. The lowest BCUT2D eigenvalue weighted by molar-refractivity contribution is 0.136. The zero-order valence-electron chi connectivity index (χ0n) is 5.54. The van der Waals surface area contributed by atoms with E-state index in [1.807, 2.05) is 0 Å². The summed E-state index contributed by atoms with van der Waals surface area (Å²) in [4.78, 5) is 10.3. The first-order valence-electron chi connectivity index (χ1n) is 3.46. The highest BCUT2D eigenvalue weighted by Crippen LogP contribution is 2.44. The highest BCUT2D eigenvalue weighted by molar-refractivity contribution is 5.65. The van der Waals surface area contributed by atoms with Crippen molar-refractivity contribution in [1.29, 1.82) is 0 Å². The van der Waals surface area contributed by atoms with Crippen LogP contribution in [0.25, 0.3) is 0 Å². The molecule has 10 heavy (non-hydrogen) atoms. The van der Waals surface area contributed by atoms with Crippen LogP contribution in [0.3, 0.4) is 0 Å². The lowest BCUT2D eigenvalue weighted by atomic mass is 10.4. The first kappa shape index (κ1) is 5.97. The molecule has 4 heteroatoms. The van der Waals surface area contributed by atoms with Gasteiger partial charge in [0.05, 0.1) is 0 Å². The van der Waals surface area contributed by atoms with E-state index in [0.29, 0.717) is 11.8 Å². The Labute approximate surface area is 58.7 Å². The summed E-state index contributed by atoms with van der Waals surface area (Å²) in [6, 6.07) is 0. The van der Waals surface area contributed by atoms with E-state index in [1.165, 1.54) is 0 Å². The van der Waals surface area contributed by atoms with Gasteiger partial charge in [-0.3, -0.25) is 0 Å². The van der Waals surface area contributed by atoms with Gasteiger partial charge in [0, 0.05) is 24.9 Å². The van der Waals surface area contributed by atoms with Crippen molar-refractivity contribution in [2.24, 2.45) is 17.6 Å². The third-order valence-electron chi connectivity index (χ3n) is 2.27. The van der Waals surface area contributed by atoms with Crippen LogP contribution in [0.2, 0.25) is 0 Å². The minimum absolute atomic E-state index is 0.124. The molecule has 2 rings (SSSR count). The molecule has 4 nitrogen and oxygen atoms in total. The fraction of sp³-hybridized carbons (Fsp3) is 0.833. The standard InChI is InChI=1S/C6H10N2O2/c7-6(9)10-5-3-1-8-2-4(3)5/h3-5,8H,1-2H2,(H2,7,9)/t3-,4+,5?. The molecule has 2 fully saturated rings. The second kappa shape index (κ2) is 1.85. The first-order chi connectivity index (χ1) is 4.79. The van der Waals surface area contributed by atoms with Gasteiger partial charge < -0.3 is 15.8 Å². The van der Waals surface area contributed by atoms with Gasteiger partial charge in [-0.15, -0.1) is 0 Å². The van der Waals surface area contributed by atoms with E-state index in [1.54, 1.807) is 0 Å². The zero-order chi connectivity index (χ0) is 7.14. The van der Waals surface area contributed by atoms with Gasteiger partial charge >= 0.3 is 6.09 Å². The van der Waals surface area contributed by atoms with E-state index in [4.69, 9.17) is 10.5 Å². The number of rotatable bonds is 1. The van der Waals surface area contributed by atoms with E-state index in [2.05, 4.69) is 5.32 Å². The van der Waals surface area contributed by atoms with Gasteiger partial charge in [0.25, 0.3) is 0 Å². The Morgan fingerprint density at radius 1 is 1.50 bits per heavy atom. The highest BCUT2D eigenvalue weighted by Gasteiger charge is 2.55. The lowest BCUT2D eigenvalue weighted by Gasteiger charge is -2.02. The molecule has 0 radical (unpaired) electrons. The van der Waals surface area contributed by atoms with Crippen molar-refractivity contribution >= 4 is 6.09 Å². The Balaban J connectivity index is 1.84. The van der Waals surface area contributed by atoms with E-state index in [-0.39, 0.29) is 6.10 Å². The molecule has 1 unspecified atom stereocenters. The molecule has 1 saturated heterocycles. The van der Waals surface area contributed by atoms with E-state index in [9.17, 15) is 4.79 Å². The minimum Gasteiger partial charge on any atom is -0.446 e. The normalized spacial score (nSPS) is 42.6. The van der Waals surface area contributed by atoms with Crippen LogP contribution in [0.15, 0.2) is 0 Å². The van der Waals surface area contributed by atoms with Crippen LogP contribution in [-0.2, 0) is 4.74 Å². The van der Waals surface area contributed by atoms with Crippen molar-refractivity contribution in [3.8, 4) is 0 Å². The maximum Gasteiger partial charge on any atom is 0.404 e. The molecule has 3 atom stereocenters. The van der Waals surface area contributed by atoms with Gasteiger partial charge in [-0.05, 0) is 0 Å². The molecular weight excluding hydrogens is 132 g/mol. The van der Waals surface area contributed by atoms with Crippen molar-refractivity contribution in [2.75, 3.05) is 13.1 Å². The third kappa shape index (κ3) is 0.759. The summed E-state index contributed by atoms with van der Waals surface area (Å²) in [6.07, 6.45) is -0.516. The summed E-state index contributed by atoms with van der Waals surface area (Å²) in [5, 5.41) is 3.19. The second-order valence-electron chi connectivity index (χ2n) is 2.89. The van der Waals surface area contributed by atoms with Crippen LogP contribution in [0.1, 0.15) is 0 Å². The van der Waals surface area contributed by atoms with Crippen LogP contribution in [0.4, 0.5) is 4.79 Å². The Hall–Kier alpha value is -0.770. The number of nitrogens with one attached hydrogen (secondary N) is 1. The van der Waals surface area contributed by atoms with Crippen LogP contribution >= 0.6 is 0 Å². The summed E-state index contributed by atoms with van der Waals surface area (Å²) in [5.41, 5.74) is 4.86. The van der Waals surface area contributed by atoms with E-state index >= 15 is 0 Å². The Kier molecular flexibility index (Phi) is 1.11. The SMILES string of the molecule is NC(=O)OC1[C@H]2CNC[C@@H]12. The van der Waals surface area contributed by atoms with Gasteiger partial charge in [-0.1, -0.05) is 0 Å². The molecule has 0 aromatic carbocycles. The molecule has 0 bridgehead atoms. The van der Waals surface area contributed by atoms with Crippen LogP contribution in [0, 0.1) is 11.8 Å². The summed E-state index contributed by atoms with van der Waals surface area (Å²) in [7, 11) is 0. The molecule has 3 N–H and O–H groups in total. The van der Waals surface area contributed by atoms with Gasteiger partial charge in [-0.25, -0.2) is 4.79 Å². The fourth-order valence-electron chi connectivity index (χ4n) is 1.67. The number of piperidine rings is 1. The Bertz CT molecular complexity index is 161. The molecule has 1 saturated carbocycles. The maximum absolute atomic E-state index is 10.3. The highest BCUT2D eigenvalue weighted by atomic mass is 16.6. The summed E-state index contributed by atoms with van der Waals surface area (Å²) in [5.74, 6) is 1.10. The molecule has 1 aliphatic heterocycles. The quantitative estimate of drug-likeness (QED) is 0.508. The van der Waals surface area contributed by atoms with Gasteiger partial charge in [0.1, 0.15) is 6.10 Å². The van der Waals surface area contributed by atoms with E-state index in [0.717, 1.165) is 13.1 Å². The molecule has 0 aromatic heterocycles. The van der Waals surface area contributed by atoms with Crippen molar-refractivity contribution in [3.05, 3.63) is 0 Å². The number of ether oxygens (including phenoxy) is 1. The zero-order valence-corrected chi connectivity index (χ0v) is 5.54. The Morgan fingerprint density at radius 3 is 2.60 bits per heavy atom. The van der Waals surface area contributed by atoms with Crippen molar-refractivity contribution in [2.45, 2.75) is 6.10 Å². The number of amides is 1. The number of hydrogen-bond donors (Lipinski definition) is 2. The topological polar surface area (TPSA) is 64.4 Å². The molecular formula is C6H10N2O2. The van der Waals surface area contributed by atoms with Crippen molar-refractivity contribution in [1.82, 2.24) is 5.32 Å². The number of carbonyl (C=O) groups excluding carboxylic acids is 1. The maximum atomic E-state index is 10.3. The molecule has 1 amide bonds. The smallest absolute Gasteiger partial charge is 0.404 e. The van der Waals surface area contributed by atoms with Crippen LogP contribution < -0.4 is 11.1 Å². The monoisotopic (exact) mass is 142 g/mol. The summed E-state index contributed by atoms with van der Waals surface area (Å²) < 4.78 is 4.83. The number of hydrogen-bond acceptors (Lipinski definition) is 3. The number of nitrogens with two attached hydrogens (primary N) is 1. The molecule has 0 aromatic rings. The molecule has 2 aliphatic rings. The second-order valence-corrected chi connectivity index (χ2v) is 2.89. The predicted octanol–water partition coefficient (Wildman–Crippen LogP) is -0.701.